The normalized spacial score (nSPS) is 10.8. The molecule has 0 amide bonds. The van der Waals surface area contributed by atoms with Crippen LogP contribution < -0.4 is 5.32 Å². The maximum Gasteiger partial charge on any atom is 0.206 e. The Kier molecular flexibility index (Phi) is 6.56. The molecule has 0 unspecified atom stereocenters. The summed E-state index contributed by atoms with van der Waals surface area (Å²) in [5.41, 5.74) is 2.59. The van der Waals surface area contributed by atoms with E-state index in [4.69, 9.17) is 0 Å². The van der Waals surface area contributed by atoms with Crippen molar-refractivity contribution in [3.63, 3.8) is 0 Å². The first kappa shape index (κ1) is 18.7. The van der Waals surface area contributed by atoms with E-state index < -0.39 is 0 Å². The first-order valence-corrected chi connectivity index (χ1v) is 9.67. The predicted octanol–water partition coefficient (Wildman–Crippen LogP) is 3.87. The van der Waals surface area contributed by atoms with Gasteiger partial charge in [-0.05, 0) is 32.8 Å². The maximum atomic E-state index is 12.4. The lowest BCUT2D eigenvalue weighted by Gasteiger charge is -1.99. The van der Waals surface area contributed by atoms with Gasteiger partial charge in [-0.2, -0.15) is 0 Å². The van der Waals surface area contributed by atoms with Gasteiger partial charge in [0.25, 0.3) is 0 Å². The summed E-state index contributed by atoms with van der Waals surface area (Å²) in [5, 5.41) is 12.2. The second-order valence-electron chi connectivity index (χ2n) is 5.55. The molecular weight excluding hydrogens is 344 g/mol. The Hall–Kier alpha value is -1.67. The Morgan fingerprint density at radius 3 is 2.67 bits per heavy atom. The minimum Gasteiger partial charge on any atom is -0.360 e. The van der Waals surface area contributed by atoms with Crippen LogP contribution >= 0.6 is 23.1 Å². The third-order valence-corrected chi connectivity index (χ3v) is 5.62. The van der Waals surface area contributed by atoms with Gasteiger partial charge in [0.1, 0.15) is 0 Å². The number of anilines is 1. The third kappa shape index (κ3) is 4.45. The van der Waals surface area contributed by atoms with Crippen molar-refractivity contribution in [2.24, 2.45) is 0 Å². The van der Waals surface area contributed by atoms with Gasteiger partial charge < -0.3 is 10.3 Å². The fourth-order valence-corrected chi connectivity index (χ4v) is 4.12. The number of Topliss-reactive ketones (excluding diaryl/α,β-unsaturated/α-hetero) is 2. The van der Waals surface area contributed by atoms with E-state index in [9.17, 15) is 9.59 Å². The van der Waals surface area contributed by atoms with E-state index >= 15 is 0 Å². The summed E-state index contributed by atoms with van der Waals surface area (Å²) in [4.78, 5) is 27.1. The molecule has 0 bridgehead atoms. The van der Waals surface area contributed by atoms with E-state index in [-0.39, 0.29) is 17.3 Å². The molecule has 8 heteroatoms. The second kappa shape index (κ2) is 8.43. The van der Waals surface area contributed by atoms with Crippen LogP contribution in [0.25, 0.3) is 0 Å². The highest BCUT2D eigenvalue weighted by atomic mass is 32.2. The molecule has 130 valence electrons. The van der Waals surface area contributed by atoms with Gasteiger partial charge in [-0.1, -0.05) is 36.4 Å². The Labute approximate surface area is 149 Å². The van der Waals surface area contributed by atoms with E-state index in [1.54, 1.807) is 6.92 Å². The van der Waals surface area contributed by atoms with Crippen molar-refractivity contribution in [3.05, 3.63) is 22.5 Å². The molecule has 0 radical (unpaired) electrons. The number of aromatic nitrogens is 3. The molecule has 6 nitrogen and oxygen atoms in total. The average Bonchev–Trinajstić information content (AvgIpc) is 3.09. The van der Waals surface area contributed by atoms with Crippen molar-refractivity contribution in [2.45, 2.75) is 44.9 Å². The molecule has 0 aliphatic rings. The van der Waals surface area contributed by atoms with Crippen LogP contribution in [0.5, 0.6) is 0 Å². The Morgan fingerprint density at radius 2 is 2.04 bits per heavy atom. The number of carbonyl (C=O) groups excluding carboxylic acids is 2. The Morgan fingerprint density at radius 1 is 1.29 bits per heavy atom. The van der Waals surface area contributed by atoms with E-state index in [0.29, 0.717) is 11.3 Å². The van der Waals surface area contributed by atoms with Gasteiger partial charge in [-0.3, -0.25) is 9.59 Å². The van der Waals surface area contributed by atoms with Crippen LogP contribution in [0.1, 0.15) is 58.8 Å². The standard InChI is InChI=1S/C16H22N4O2S2/c1-5-6-7-17-15-19-20-16(24-15)23-8-12(22)14-9(2)13(11(4)21)10(3)18-14/h18H,5-8H2,1-4H3,(H,17,19). The molecule has 0 saturated heterocycles. The SMILES string of the molecule is CCCCNc1nnc(SCC(=O)c2[nH]c(C)c(C(C)=O)c2C)s1. The first-order valence-electron chi connectivity index (χ1n) is 7.87. The van der Waals surface area contributed by atoms with Crippen LogP contribution in [0, 0.1) is 13.8 Å². The number of rotatable bonds is 9. The van der Waals surface area contributed by atoms with Crippen molar-refractivity contribution < 1.29 is 9.59 Å². The molecule has 0 aromatic carbocycles. The number of unbranched alkanes of at least 4 members (excludes halogenated alkanes) is 1. The minimum atomic E-state index is -0.0382. The Bertz CT molecular complexity index is 737. The fourth-order valence-electron chi connectivity index (χ4n) is 2.47. The third-order valence-electron chi connectivity index (χ3n) is 3.61. The van der Waals surface area contributed by atoms with Gasteiger partial charge >= 0.3 is 0 Å². The lowest BCUT2D eigenvalue weighted by atomic mass is 10.1. The molecule has 2 N–H and O–H groups in total. The van der Waals surface area contributed by atoms with E-state index in [2.05, 4.69) is 27.4 Å². The summed E-state index contributed by atoms with van der Waals surface area (Å²) >= 11 is 2.82. The zero-order chi connectivity index (χ0) is 17.7. The molecule has 0 aliphatic carbocycles. The number of thioether (sulfide) groups is 1. The molecule has 0 fully saturated rings. The van der Waals surface area contributed by atoms with Gasteiger partial charge in [0.15, 0.2) is 15.9 Å². The van der Waals surface area contributed by atoms with Crippen LogP contribution in [0.4, 0.5) is 5.13 Å². The van der Waals surface area contributed by atoms with Gasteiger partial charge in [0.2, 0.25) is 5.13 Å². The molecule has 0 aliphatic heterocycles. The number of hydrogen-bond acceptors (Lipinski definition) is 7. The molecule has 2 rings (SSSR count). The number of carbonyl (C=O) groups is 2. The number of aryl methyl sites for hydroxylation is 1. The molecule has 24 heavy (non-hydrogen) atoms. The number of nitrogens with zero attached hydrogens (tertiary/aromatic N) is 2. The first-order chi connectivity index (χ1) is 11.4. The molecule has 0 saturated carbocycles. The zero-order valence-corrected chi connectivity index (χ0v) is 16.0. The molecule has 2 aromatic heterocycles. The van der Waals surface area contributed by atoms with Gasteiger partial charge in [-0.25, -0.2) is 0 Å². The summed E-state index contributed by atoms with van der Waals surface area (Å²) in [5.74, 6) is 0.200. The number of aromatic amines is 1. The molecule has 2 heterocycles. The van der Waals surface area contributed by atoms with Crippen LogP contribution in [0.3, 0.4) is 0 Å². The second-order valence-corrected chi connectivity index (χ2v) is 7.75. The van der Waals surface area contributed by atoms with Crippen LogP contribution in [0.2, 0.25) is 0 Å². The maximum absolute atomic E-state index is 12.4. The largest absolute Gasteiger partial charge is 0.360 e. The molecule has 0 atom stereocenters. The van der Waals surface area contributed by atoms with E-state index in [1.807, 2.05) is 6.92 Å². The molecule has 0 spiro atoms. The quantitative estimate of drug-likeness (QED) is 0.398. The summed E-state index contributed by atoms with van der Waals surface area (Å²) < 4.78 is 0.759. The minimum absolute atomic E-state index is 0.0279. The van der Waals surface area contributed by atoms with Gasteiger partial charge in [0, 0.05) is 17.8 Å². The van der Waals surface area contributed by atoms with Crippen molar-refractivity contribution in [3.8, 4) is 0 Å². The highest BCUT2D eigenvalue weighted by molar-refractivity contribution is 8.01. The highest BCUT2D eigenvalue weighted by Gasteiger charge is 2.20. The average molecular weight is 367 g/mol. The summed E-state index contributed by atoms with van der Waals surface area (Å²) in [6, 6.07) is 0. The predicted molar refractivity (Wildman–Crippen MR) is 98.6 cm³/mol. The topological polar surface area (TPSA) is 87.7 Å². The summed E-state index contributed by atoms with van der Waals surface area (Å²) in [7, 11) is 0. The summed E-state index contributed by atoms with van der Waals surface area (Å²) in [6.07, 6.45) is 2.21. The van der Waals surface area contributed by atoms with Crippen molar-refractivity contribution in [2.75, 3.05) is 17.6 Å². The van der Waals surface area contributed by atoms with E-state index in [0.717, 1.165) is 40.1 Å². The highest BCUT2D eigenvalue weighted by Crippen LogP contribution is 2.27. The van der Waals surface area contributed by atoms with Gasteiger partial charge in [0.05, 0.1) is 11.4 Å². The zero-order valence-electron chi connectivity index (χ0n) is 14.4. The number of nitrogens with one attached hydrogen (secondary N) is 2. The van der Waals surface area contributed by atoms with E-state index in [1.165, 1.54) is 30.0 Å². The van der Waals surface area contributed by atoms with Crippen LogP contribution in [-0.2, 0) is 0 Å². The smallest absolute Gasteiger partial charge is 0.206 e. The number of ketones is 2. The van der Waals surface area contributed by atoms with Crippen molar-refractivity contribution in [1.29, 1.82) is 0 Å². The Balaban J connectivity index is 1.96. The van der Waals surface area contributed by atoms with Crippen molar-refractivity contribution in [1.82, 2.24) is 15.2 Å². The lowest BCUT2D eigenvalue weighted by Crippen LogP contribution is -2.05. The lowest BCUT2D eigenvalue weighted by molar-refractivity contribution is 0.101. The molecular formula is C16H22N4O2S2. The fraction of sp³-hybridized carbons (Fsp3) is 0.500. The van der Waals surface area contributed by atoms with Crippen LogP contribution in [-0.4, -0.2) is 39.0 Å². The summed E-state index contributed by atoms with van der Waals surface area (Å²) in [6.45, 7) is 8.14. The van der Waals surface area contributed by atoms with Gasteiger partial charge in [-0.15, -0.1) is 10.2 Å². The monoisotopic (exact) mass is 366 g/mol. The number of H-pyrrole nitrogens is 1. The van der Waals surface area contributed by atoms with Crippen molar-refractivity contribution >= 4 is 39.8 Å². The number of hydrogen-bond donors (Lipinski definition) is 2. The van der Waals surface area contributed by atoms with Crippen LogP contribution in [0.15, 0.2) is 4.34 Å². The molecule has 2 aromatic rings.